The summed E-state index contributed by atoms with van der Waals surface area (Å²) in [6.07, 6.45) is -3.85. The molecule has 1 saturated heterocycles. The SMILES string of the molecule is CN1CCN(C(=O)/C=C/C(F)(F)F)CC1. The van der Waals surface area contributed by atoms with Gasteiger partial charge in [0, 0.05) is 38.3 Å². The Kier molecular flexibility index (Phi) is 3.73. The summed E-state index contributed by atoms with van der Waals surface area (Å²) in [5.74, 6) is -0.569. The van der Waals surface area contributed by atoms with Crippen molar-refractivity contribution in [2.75, 3.05) is 33.2 Å². The Hall–Kier alpha value is -1.04. The summed E-state index contributed by atoms with van der Waals surface area (Å²) < 4.78 is 35.3. The summed E-state index contributed by atoms with van der Waals surface area (Å²) in [7, 11) is 1.91. The fourth-order valence-electron chi connectivity index (χ4n) is 1.30. The van der Waals surface area contributed by atoms with Crippen molar-refractivity contribution in [2.45, 2.75) is 6.18 Å². The van der Waals surface area contributed by atoms with Crippen LogP contribution in [0.15, 0.2) is 12.2 Å². The molecule has 0 N–H and O–H groups in total. The molecule has 1 heterocycles. The number of halogens is 3. The normalized spacial score (nSPS) is 19.9. The molecule has 1 aliphatic heterocycles. The number of hydrogen-bond acceptors (Lipinski definition) is 2. The lowest BCUT2D eigenvalue weighted by molar-refractivity contribution is -0.128. The molecule has 0 aromatic heterocycles. The largest absolute Gasteiger partial charge is 0.409 e. The van der Waals surface area contributed by atoms with Crippen LogP contribution in [0.1, 0.15) is 0 Å². The molecule has 1 amide bonds. The van der Waals surface area contributed by atoms with Gasteiger partial charge in [0.25, 0.3) is 0 Å². The highest BCUT2D eigenvalue weighted by Gasteiger charge is 2.24. The molecule has 1 fully saturated rings. The highest BCUT2D eigenvalue weighted by atomic mass is 19.4. The predicted octanol–water partition coefficient (Wildman–Crippen LogP) is 0.879. The number of amides is 1. The standard InChI is InChI=1S/C9H13F3N2O/c1-13-4-6-14(7-5-13)8(15)2-3-9(10,11)12/h2-3H,4-7H2,1H3/b3-2+. The Labute approximate surface area is 86.1 Å². The molecule has 0 saturated carbocycles. The van der Waals surface area contributed by atoms with Crippen LogP contribution >= 0.6 is 0 Å². The van der Waals surface area contributed by atoms with Gasteiger partial charge >= 0.3 is 6.18 Å². The average Bonchev–Trinajstić information content (AvgIpc) is 2.14. The topological polar surface area (TPSA) is 23.6 Å². The van der Waals surface area contributed by atoms with E-state index in [-0.39, 0.29) is 6.08 Å². The second-order valence-electron chi connectivity index (χ2n) is 3.50. The minimum atomic E-state index is -4.41. The number of likely N-dealkylation sites (N-methyl/N-ethyl adjacent to an activating group) is 1. The summed E-state index contributed by atoms with van der Waals surface area (Å²) >= 11 is 0. The van der Waals surface area contributed by atoms with Gasteiger partial charge in [-0.25, -0.2) is 0 Å². The van der Waals surface area contributed by atoms with E-state index in [1.54, 1.807) is 0 Å². The van der Waals surface area contributed by atoms with E-state index in [2.05, 4.69) is 0 Å². The zero-order valence-corrected chi connectivity index (χ0v) is 8.42. The predicted molar refractivity (Wildman–Crippen MR) is 49.3 cm³/mol. The molecule has 0 atom stereocenters. The minimum absolute atomic E-state index is 0.0202. The van der Waals surface area contributed by atoms with Crippen LogP contribution in [-0.2, 0) is 4.79 Å². The van der Waals surface area contributed by atoms with Crippen molar-refractivity contribution in [3.63, 3.8) is 0 Å². The van der Waals surface area contributed by atoms with Crippen LogP contribution in [-0.4, -0.2) is 55.1 Å². The molecule has 0 aliphatic carbocycles. The van der Waals surface area contributed by atoms with E-state index in [0.29, 0.717) is 32.3 Å². The fraction of sp³-hybridized carbons (Fsp3) is 0.667. The lowest BCUT2D eigenvalue weighted by Gasteiger charge is -2.31. The van der Waals surface area contributed by atoms with E-state index in [4.69, 9.17) is 0 Å². The van der Waals surface area contributed by atoms with Gasteiger partial charge in [-0.15, -0.1) is 0 Å². The van der Waals surface area contributed by atoms with Gasteiger partial charge in [0.2, 0.25) is 5.91 Å². The van der Waals surface area contributed by atoms with Crippen molar-refractivity contribution in [2.24, 2.45) is 0 Å². The van der Waals surface area contributed by atoms with E-state index in [0.717, 1.165) is 0 Å². The van der Waals surface area contributed by atoms with Crippen LogP contribution < -0.4 is 0 Å². The molecular formula is C9H13F3N2O. The van der Waals surface area contributed by atoms with E-state index in [1.807, 2.05) is 11.9 Å². The summed E-state index contributed by atoms with van der Waals surface area (Å²) in [5, 5.41) is 0. The number of alkyl halides is 3. The zero-order valence-electron chi connectivity index (χ0n) is 8.42. The number of carbonyl (C=O) groups excluding carboxylic acids is 1. The van der Waals surface area contributed by atoms with E-state index in [9.17, 15) is 18.0 Å². The molecule has 0 unspecified atom stereocenters. The quantitative estimate of drug-likeness (QED) is 0.615. The molecular weight excluding hydrogens is 209 g/mol. The Balaban J connectivity index is 2.44. The smallest absolute Gasteiger partial charge is 0.337 e. The van der Waals surface area contributed by atoms with Gasteiger partial charge in [0.05, 0.1) is 0 Å². The maximum Gasteiger partial charge on any atom is 0.409 e. The lowest BCUT2D eigenvalue weighted by Crippen LogP contribution is -2.46. The number of rotatable bonds is 1. The van der Waals surface area contributed by atoms with Crippen LogP contribution in [0, 0.1) is 0 Å². The number of piperazine rings is 1. The van der Waals surface area contributed by atoms with Crippen LogP contribution in [0.5, 0.6) is 0 Å². The van der Waals surface area contributed by atoms with Gasteiger partial charge in [-0.3, -0.25) is 4.79 Å². The molecule has 3 nitrogen and oxygen atoms in total. The molecule has 1 rings (SSSR count). The van der Waals surface area contributed by atoms with Gasteiger partial charge in [0.15, 0.2) is 0 Å². The Morgan fingerprint density at radius 3 is 2.20 bits per heavy atom. The van der Waals surface area contributed by atoms with Crippen LogP contribution in [0.3, 0.4) is 0 Å². The van der Waals surface area contributed by atoms with Gasteiger partial charge < -0.3 is 9.80 Å². The Morgan fingerprint density at radius 1 is 1.20 bits per heavy atom. The number of carbonyl (C=O) groups is 1. The van der Waals surface area contributed by atoms with E-state index < -0.39 is 12.1 Å². The number of nitrogens with zero attached hydrogens (tertiary/aromatic N) is 2. The second kappa shape index (κ2) is 4.65. The maximum atomic E-state index is 11.8. The molecule has 1 aliphatic rings. The minimum Gasteiger partial charge on any atom is -0.337 e. The first-order chi connectivity index (χ1) is 6.88. The third-order valence-corrected chi connectivity index (χ3v) is 2.23. The van der Waals surface area contributed by atoms with Crippen molar-refractivity contribution in [3.8, 4) is 0 Å². The molecule has 0 aromatic rings. The maximum absolute atomic E-state index is 11.8. The summed E-state index contributed by atoms with van der Waals surface area (Å²) in [5.41, 5.74) is 0. The first-order valence-corrected chi connectivity index (χ1v) is 4.62. The Bertz CT molecular complexity index is 255. The van der Waals surface area contributed by atoms with Crippen molar-refractivity contribution in [1.29, 1.82) is 0 Å². The summed E-state index contributed by atoms with van der Waals surface area (Å²) in [4.78, 5) is 14.7. The number of allylic oxidation sites excluding steroid dienone is 1. The van der Waals surface area contributed by atoms with E-state index >= 15 is 0 Å². The van der Waals surface area contributed by atoms with Gasteiger partial charge in [0.1, 0.15) is 0 Å². The van der Waals surface area contributed by atoms with Crippen LogP contribution in [0.4, 0.5) is 13.2 Å². The summed E-state index contributed by atoms with van der Waals surface area (Å²) in [6.45, 7) is 2.37. The molecule has 0 aromatic carbocycles. The van der Waals surface area contributed by atoms with Crippen molar-refractivity contribution >= 4 is 5.91 Å². The van der Waals surface area contributed by atoms with Crippen molar-refractivity contribution < 1.29 is 18.0 Å². The molecule has 15 heavy (non-hydrogen) atoms. The monoisotopic (exact) mass is 222 g/mol. The first kappa shape index (κ1) is 12.0. The molecule has 0 bridgehead atoms. The molecule has 0 spiro atoms. The average molecular weight is 222 g/mol. The molecule has 0 radical (unpaired) electrons. The first-order valence-electron chi connectivity index (χ1n) is 4.62. The van der Waals surface area contributed by atoms with E-state index in [1.165, 1.54) is 4.90 Å². The second-order valence-corrected chi connectivity index (χ2v) is 3.50. The third-order valence-electron chi connectivity index (χ3n) is 2.23. The van der Waals surface area contributed by atoms with Crippen molar-refractivity contribution in [1.82, 2.24) is 9.80 Å². The van der Waals surface area contributed by atoms with Gasteiger partial charge in [-0.1, -0.05) is 0 Å². The zero-order chi connectivity index (χ0) is 11.5. The lowest BCUT2D eigenvalue weighted by atomic mass is 10.3. The van der Waals surface area contributed by atoms with Crippen LogP contribution in [0.2, 0.25) is 0 Å². The highest BCUT2D eigenvalue weighted by Crippen LogP contribution is 2.16. The molecule has 86 valence electrons. The van der Waals surface area contributed by atoms with Gasteiger partial charge in [-0.05, 0) is 7.05 Å². The third kappa shape index (κ3) is 4.33. The molecule has 6 heteroatoms. The highest BCUT2D eigenvalue weighted by molar-refractivity contribution is 5.87. The summed E-state index contributed by atoms with van der Waals surface area (Å²) in [6, 6.07) is 0. The fourth-order valence-corrected chi connectivity index (χ4v) is 1.30. The van der Waals surface area contributed by atoms with Crippen LogP contribution in [0.25, 0.3) is 0 Å². The number of hydrogen-bond donors (Lipinski definition) is 0. The van der Waals surface area contributed by atoms with Gasteiger partial charge in [-0.2, -0.15) is 13.2 Å². The van der Waals surface area contributed by atoms with Crippen molar-refractivity contribution in [3.05, 3.63) is 12.2 Å². The Morgan fingerprint density at radius 2 is 1.73 bits per heavy atom.